The zero-order chi connectivity index (χ0) is 14.9. The highest BCUT2D eigenvalue weighted by atomic mass is 79.9. The van der Waals surface area contributed by atoms with Crippen LogP contribution in [-0.4, -0.2) is 8.42 Å². The minimum atomic E-state index is -3.63. The number of anilines is 1. The van der Waals surface area contributed by atoms with Crippen LogP contribution in [-0.2, 0) is 10.0 Å². The molecule has 7 heteroatoms. The smallest absolute Gasteiger partial charge is 0.262 e. The molecule has 0 fully saturated rings. The summed E-state index contributed by atoms with van der Waals surface area (Å²) in [5, 5.41) is 0. The zero-order valence-corrected chi connectivity index (χ0v) is 15.9. The van der Waals surface area contributed by atoms with Crippen LogP contribution in [0.2, 0.25) is 0 Å². The van der Waals surface area contributed by atoms with Gasteiger partial charge in [0.1, 0.15) is 0 Å². The highest BCUT2D eigenvalue weighted by Gasteiger charge is 2.18. The molecule has 0 bridgehead atoms. The van der Waals surface area contributed by atoms with Crippen LogP contribution in [0.15, 0.2) is 54.7 Å². The fourth-order valence-electron chi connectivity index (χ4n) is 1.62. The summed E-state index contributed by atoms with van der Waals surface area (Å²) in [6, 6.07) is 10.3. The quantitative estimate of drug-likeness (QED) is 0.661. The van der Waals surface area contributed by atoms with Gasteiger partial charge in [-0.1, -0.05) is 22.0 Å². The summed E-state index contributed by atoms with van der Waals surface area (Å²) < 4.78 is 29.4. The molecule has 0 atom stereocenters. The molecule has 0 saturated heterocycles. The number of hydrogen-bond donors (Lipinski definition) is 1. The van der Waals surface area contributed by atoms with E-state index in [1.807, 2.05) is 19.1 Å². The Morgan fingerprint density at radius 1 is 1.00 bits per heavy atom. The lowest BCUT2D eigenvalue weighted by atomic mass is 10.2. The van der Waals surface area contributed by atoms with Gasteiger partial charge in [-0.05, 0) is 74.7 Å². The second kappa shape index (κ2) is 6.17. The van der Waals surface area contributed by atoms with Gasteiger partial charge in [0.15, 0.2) is 0 Å². The first-order chi connectivity index (χ1) is 9.29. The van der Waals surface area contributed by atoms with Crippen LogP contribution < -0.4 is 4.72 Å². The molecule has 2 aromatic carbocycles. The van der Waals surface area contributed by atoms with Crippen molar-refractivity contribution in [2.75, 3.05) is 4.72 Å². The van der Waals surface area contributed by atoms with Crippen LogP contribution in [0.3, 0.4) is 0 Å². The molecule has 0 aliphatic heterocycles. The van der Waals surface area contributed by atoms with Crippen molar-refractivity contribution >= 4 is 63.5 Å². The Kier molecular flexibility index (Phi) is 4.94. The summed E-state index contributed by atoms with van der Waals surface area (Å²) in [7, 11) is -3.63. The molecule has 2 rings (SSSR count). The van der Waals surface area contributed by atoms with Gasteiger partial charge in [-0.25, -0.2) is 8.42 Å². The van der Waals surface area contributed by atoms with E-state index >= 15 is 0 Å². The first-order valence-corrected chi connectivity index (χ1v) is 9.40. The molecule has 0 heterocycles. The average Bonchev–Trinajstić information content (AvgIpc) is 2.34. The minimum absolute atomic E-state index is 0.200. The molecular formula is C13H10Br3NO2S. The molecular weight excluding hydrogens is 474 g/mol. The summed E-state index contributed by atoms with van der Waals surface area (Å²) >= 11 is 10.0. The summed E-state index contributed by atoms with van der Waals surface area (Å²) in [5.74, 6) is 0. The van der Waals surface area contributed by atoms with Gasteiger partial charge in [-0.2, -0.15) is 0 Å². The monoisotopic (exact) mass is 481 g/mol. The van der Waals surface area contributed by atoms with Gasteiger partial charge in [0.05, 0.1) is 10.6 Å². The van der Waals surface area contributed by atoms with Gasteiger partial charge >= 0.3 is 0 Å². The number of benzene rings is 2. The average molecular weight is 484 g/mol. The summed E-state index contributed by atoms with van der Waals surface area (Å²) in [5.41, 5.74) is 1.50. The van der Waals surface area contributed by atoms with E-state index in [4.69, 9.17) is 0 Å². The molecule has 0 unspecified atom stereocenters. The first-order valence-electron chi connectivity index (χ1n) is 5.53. The van der Waals surface area contributed by atoms with Crippen molar-refractivity contribution in [3.05, 3.63) is 55.4 Å². The number of halogens is 3. The van der Waals surface area contributed by atoms with Crippen molar-refractivity contribution in [3.63, 3.8) is 0 Å². The maximum Gasteiger partial charge on any atom is 0.262 e. The van der Waals surface area contributed by atoms with Gasteiger partial charge in [0.2, 0.25) is 0 Å². The van der Waals surface area contributed by atoms with Crippen LogP contribution in [0.1, 0.15) is 5.56 Å². The van der Waals surface area contributed by atoms with Gasteiger partial charge in [-0.3, -0.25) is 4.72 Å². The van der Waals surface area contributed by atoms with Crippen molar-refractivity contribution < 1.29 is 8.42 Å². The highest BCUT2D eigenvalue weighted by molar-refractivity contribution is 9.11. The summed E-state index contributed by atoms with van der Waals surface area (Å²) in [6.07, 6.45) is 0. The van der Waals surface area contributed by atoms with E-state index in [0.29, 0.717) is 19.1 Å². The van der Waals surface area contributed by atoms with Crippen LogP contribution in [0, 0.1) is 6.92 Å². The third-order valence-electron chi connectivity index (χ3n) is 2.53. The third-order valence-corrected chi connectivity index (χ3v) is 5.62. The second-order valence-electron chi connectivity index (χ2n) is 4.17. The molecule has 0 aliphatic carbocycles. The van der Waals surface area contributed by atoms with Gasteiger partial charge in [0.25, 0.3) is 10.0 Å². The number of rotatable bonds is 3. The Hall–Kier alpha value is -0.370. The molecule has 2 aromatic rings. The van der Waals surface area contributed by atoms with E-state index in [2.05, 4.69) is 52.5 Å². The molecule has 0 saturated carbocycles. The van der Waals surface area contributed by atoms with Gasteiger partial charge in [-0.15, -0.1) is 0 Å². The van der Waals surface area contributed by atoms with E-state index in [0.717, 1.165) is 5.56 Å². The normalized spacial score (nSPS) is 11.4. The van der Waals surface area contributed by atoms with E-state index < -0.39 is 10.0 Å². The molecule has 0 amide bonds. The largest absolute Gasteiger partial charge is 0.277 e. The molecule has 0 aliphatic rings. The van der Waals surface area contributed by atoms with Crippen molar-refractivity contribution in [3.8, 4) is 0 Å². The lowest BCUT2D eigenvalue weighted by molar-refractivity contribution is 0.601. The Labute approximate surface area is 143 Å². The summed E-state index contributed by atoms with van der Waals surface area (Å²) in [4.78, 5) is 0.200. The van der Waals surface area contributed by atoms with E-state index in [-0.39, 0.29) is 4.90 Å². The Bertz CT molecular complexity index is 737. The first kappa shape index (κ1) is 16.0. The zero-order valence-electron chi connectivity index (χ0n) is 10.3. The van der Waals surface area contributed by atoms with Crippen LogP contribution in [0.25, 0.3) is 0 Å². The fourth-order valence-corrected chi connectivity index (χ4v) is 5.20. The Balaban J connectivity index is 2.44. The molecule has 0 spiro atoms. The van der Waals surface area contributed by atoms with Crippen LogP contribution in [0.4, 0.5) is 5.69 Å². The second-order valence-corrected chi connectivity index (χ2v) is 8.47. The van der Waals surface area contributed by atoms with Gasteiger partial charge < -0.3 is 0 Å². The van der Waals surface area contributed by atoms with Crippen molar-refractivity contribution in [1.29, 1.82) is 0 Å². The minimum Gasteiger partial charge on any atom is -0.277 e. The molecule has 20 heavy (non-hydrogen) atoms. The lowest BCUT2D eigenvalue weighted by Gasteiger charge is -2.12. The number of sulfonamides is 1. The standard InChI is InChI=1S/C13H10Br3NO2S/c1-8-5-11(15)13(12(16)6-8)17-20(18,19)10-4-2-3-9(14)7-10/h2-7,17H,1H3. The van der Waals surface area contributed by atoms with Crippen LogP contribution in [0.5, 0.6) is 0 Å². The maximum absolute atomic E-state index is 12.4. The maximum atomic E-state index is 12.4. The van der Waals surface area contributed by atoms with E-state index in [1.165, 1.54) is 0 Å². The van der Waals surface area contributed by atoms with Gasteiger partial charge in [0, 0.05) is 13.4 Å². The van der Waals surface area contributed by atoms with Crippen molar-refractivity contribution in [1.82, 2.24) is 0 Å². The predicted molar refractivity (Wildman–Crippen MR) is 91.5 cm³/mol. The van der Waals surface area contributed by atoms with Crippen molar-refractivity contribution in [2.45, 2.75) is 11.8 Å². The van der Waals surface area contributed by atoms with Crippen molar-refractivity contribution in [2.24, 2.45) is 0 Å². The molecule has 3 nitrogen and oxygen atoms in total. The summed E-state index contributed by atoms with van der Waals surface area (Å²) in [6.45, 7) is 1.93. The Morgan fingerprint density at radius 2 is 1.60 bits per heavy atom. The highest BCUT2D eigenvalue weighted by Crippen LogP contribution is 2.34. The Morgan fingerprint density at radius 3 is 2.15 bits per heavy atom. The number of hydrogen-bond acceptors (Lipinski definition) is 2. The molecule has 0 aromatic heterocycles. The SMILES string of the molecule is Cc1cc(Br)c(NS(=O)(=O)c2cccc(Br)c2)c(Br)c1. The topological polar surface area (TPSA) is 46.2 Å². The van der Waals surface area contributed by atoms with E-state index in [9.17, 15) is 8.42 Å². The van der Waals surface area contributed by atoms with E-state index in [1.54, 1.807) is 24.3 Å². The molecule has 106 valence electrons. The molecule has 1 N–H and O–H groups in total. The number of nitrogens with one attached hydrogen (secondary N) is 1. The lowest BCUT2D eigenvalue weighted by Crippen LogP contribution is -2.13. The van der Waals surface area contributed by atoms with Crippen LogP contribution >= 0.6 is 47.8 Å². The fraction of sp³-hybridized carbons (Fsp3) is 0.0769. The molecule has 0 radical (unpaired) electrons. The number of aryl methyl sites for hydroxylation is 1. The predicted octanol–water partition coefficient (Wildman–Crippen LogP) is 5.08. The third kappa shape index (κ3) is 3.63.